The third-order valence-corrected chi connectivity index (χ3v) is 3.92. The average molecular weight is 342 g/mol. The predicted octanol–water partition coefficient (Wildman–Crippen LogP) is 3.55. The molecule has 0 fully saturated rings. The molecule has 0 unspecified atom stereocenters. The molecule has 4 nitrogen and oxygen atoms in total. The van der Waals surface area contributed by atoms with Gasteiger partial charge in [0.2, 0.25) is 11.8 Å². The molecule has 0 spiro atoms. The van der Waals surface area contributed by atoms with Crippen LogP contribution in [0.5, 0.6) is 0 Å². The highest BCUT2D eigenvalue weighted by molar-refractivity contribution is 5.96. The molecule has 2 aromatic rings. The van der Waals surface area contributed by atoms with E-state index in [4.69, 9.17) is 0 Å². The molecule has 2 amide bonds. The van der Waals surface area contributed by atoms with E-state index in [0.29, 0.717) is 5.56 Å². The van der Waals surface area contributed by atoms with Crippen molar-refractivity contribution >= 4 is 17.5 Å². The molecule has 0 aliphatic carbocycles. The van der Waals surface area contributed by atoms with Crippen molar-refractivity contribution in [2.24, 2.45) is 0 Å². The monoisotopic (exact) mass is 342 g/mol. The minimum atomic E-state index is -0.345. The van der Waals surface area contributed by atoms with Crippen molar-refractivity contribution in [1.82, 2.24) is 5.32 Å². The first-order valence-corrected chi connectivity index (χ1v) is 8.27. The number of anilines is 1. The van der Waals surface area contributed by atoms with Crippen LogP contribution in [0.25, 0.3) is 0 Å². The smallest absolute Gasteiger partial charge is 0.243 e. The first kappa shape index (κ1) is 18.6. The number of carbonyl (C=O) groups is 2. The number of hydrogen-bond donors (Lipinski definition) is 2. The summed E-state index contributed by atoms with van der Waals surface area (Å²) in [5, 5.41) is 5.47. The van der Waals surface area contributed by atoms with E-state index in [1.807, 2.05) is 25.1 Å². The lowest BCUT2D eigenvalue weighted by atomic mass is 9.98. The molecule has 0 bridgehead atoms. The minimum absolute atomic E-state index is 0.105. The largest absolute Gasteiger partial charge is 0.347 e. The van der Waals surface area contributed by atoms with Crippen LogP contribution in [0.2, 0.25) is 0 Å². The van der Waals surface area contributed by atoms with Gasteiger partial charge >= 0.3 is 0 Å². The summed E-state index contributed by atoms with van der Waals surface area (Å²) < 4.78 is 12.9. The van der Waals surface area contributed by atoms with Crippen LogP contribution in [0.4, 0.5) is 10.1 Å². The van der Waals surface area contributed by atoms with Crippen molar-refractivity contribution in [3.63, 3.8) is 0 Å². The van der Waals surface area contributed by atoms with Gasteiger partial charge in [-0.1, -0.05) is 44.2 Å². The van der Waals surface area contributed by atoms with Gasteiger partial charge in [-0.3, -0.25) is 9.59 Å². The average Bonchev–Trinajstić information content (AvgIpc) is 2.56. The molecular formula is C20H23FN2O2. The zero-order chi connectivity index (χ0) is 18.4. The number of amides is 2. The summed E-state index contributed by atoms with van der Waals surface area (Å²) in [6, 6.07) is 11.6. The second-order valence-corrected chi connectivity index (χ2v) is 6.32. The predicted molar refractivity (Wildman–Crippen MR) is 97.0 cm³/mol. The van der Waals surface area contributed by atoms with E-state index in [1.165, 1.54) is 12.1 Å². The van der Waals surface area contributed by atoms with Crippen LogP contribution in [0, 0.1) is 12.7 Å². The molecule has 5 heteroatoms. The number of benzene rings is 2. The van der Waals surface area contributed by atoms with Gasteiger partial charge in [0.1, 0.15) is 5.82 Å². The third-order valence-electron chi connectivity index (χ3n) is 3.92. The number of hydrogen-bond acceptors (Lipinski definition) is 2. The van der Waals surface area contributed by atoms with E-state index >= 15 is 0 Å². The summed E-state index contributed by atoms with van der Waals surface area (Å²) in [5.41, 5.74) is 3.54. The Morgan fingerprint density at radius 3 is 2.36 bits per heavy atom. The SMILES string of the molecule is Cc1cccc(C(C)C)c1NC(=O)CNC(=O)Cc1ccc(F)cc1. The molecule has 2 rings (SSSR count). The Morgan fingerprint density at radius 1 is 1.04 bits per heavy atom. The van der Waals surface area contributed by atoms with Gasteiger partial charge in [0, 0.05) is 5.69 Å². The highest BCUT2D eigenvalue weighted by atomic mass is 19.1. The fourth-order valence-electron chi connectivity index (χ4n) is 2.55. The summed E-state index contributed by atoms with van der Waals surface area (Å²) in [5.74, 6) is -0.620. The van der Waals surface area contributed by atoms with Crippen molar-refractivity contribution in [3.8, 4) is 0 Å². The number of nitrogens with one attached hydrogen (secondary N) is 2. The number of halogens is 1. The van der Waals surface area contributed by atoms with Crippen LogP contribution in [-0.2, 0) is 16.0 Å². The molecule has 0 radical (unpaired) electrons. The number of rotatable bonds is 6. The molecule has 2 aromatic carbocycles. The molecule has 0 aliphatic heterocycles. The Kier molecular flexibility index (Phi) is 6.28. The van der Waals surface area contributed by atoms with Gasteiger partial charge in [-0.15, -0.1) is 0 Å². The maximum absolute atomic E-state index is 12.9. The number of para-hydroxylation sites is 1. The molecule has 0 heterocycles. The van der Waals surface area contributed by atoms with Gasteiger partial charge in [-0.05, 0) is 41.7 Å². The standard InChI is InChI=1S/C20H23FN2O2/c1-13(2)17-6-4-5-14(3)20(17)23-19(25)12-22-18(24)11-15-7-9-16(21)10-8-15/h4-10,13H,11-12H2,1-3H3,(H,22,24)(H,23,25). The summed E-state index contributed by atoms with van der Waals surface area (Å²) in [6.45, 7) is 5.96. The molecule has 0 saturated heterocycles. The van der Waals surface area contributed by atoms with Crippen LogP contribution in [0.1, 0.15) is 36.5 Å². The Labute approximate surface area is 147 Å². The Morgan fingerprint density at radius 2 is 1.72 bits per heavy atom. The fraction of sp³-hybridized carbons (Fsp3) is 0.300. The van der Waals surface area contributed by atoms with Crippen molar-refractivity contribution in [1.29, 1.82) is 0 Å². The summed E-state index contributed by atoms with van der Waals surface area (Å²) in [6.07, 6.45) is 0.106. The van der Waals surface area contributed by atoms with Crippen molar-refractivity contribution < 1.29 is 14.0 Å². The van der Waals surface area contributed by atoms with Gasteiger partial charge in [0.15, 0.2) is 0 Å². The zero-order valence-corrected chi connectivity index (χ0v) is 14.7. The Hall–Kier alpha value is -2.69. The van der Waals surface area contributed by atoms with E-state index in [2.05, 4.69) is 24.5 Å². The molecule has 2 N–H and O–H groups in total. The van der Waals surface area contributed by atoms with Gasteiger partial charge in [0.05, 0.1) is 13.0 Å². The van der Waals surface area contributed by atoms with Crippen LogP contribution in [0.3, 0.4) is 0 Å². The first-order valence-electron chi connectivity index (χ1n) is 8.27. The summed E-state index contributed by atoms with van der Waals surface area (Å²) >= 11 is 0. The highest BCUT2D eigenvalue weighted by Crippen LogP contribution is 2.27. The van der Waals surface area contributed by atoms with Gasteiger partial charge < -0.3 is 10.6 Å². The van der Waals surface area contributed by atoms with Crippen molar-refractivity contribution in [2.45, 2.75) is 33.1 Å². The quantitative estimate of drug-likeness (QED) is 0.843. The second kappa shape index (κ2) is 8.42. The van der Waals surface area contributed by atoms with E-state index in [-0.39, 0.29) is 36.5 Å². The number of carbonyl (C=O) groups excluding carboxylic acids is 2. The van der Waals surface area contributed by atoms with Crippen LogP contribution in [-0.4, -0.2) is 18.4 Å². The fourth-order valence-corrected chi connectivity index (χ4v) is 2.55. The highest BCUT2D eigenvalue weighted by Gasteiger charge is 2.13. The topological polar surface area (TPSA) is 58.2 Å². The van der Waals surface area contributed by atoms with Crippen LogP contribution < -0.4 is 10.6 Å². The molecule has 0 aliphatic rings. The van der Waals surface area contributed by atoms with Gasteiger partial charge in [0.25, 0.3) is 0 Å². The van der Waals surface area contributed by atoms with E-state index in [9.17, 15) is 14.0 Å². The zero-order valence-electron chi connectivity index (χ0n) is 14.7. The van der Waals surface area contributed by atoms with Gasteiger partial charge in [-0.25, -0.2) is 4.39 Å². The maximum atomic E-state index is 12.9. The summed E-state index contributed by atoms with van der Waals surface area (Å²) in [4.78, 5) is 24.1. The lowest BCUT2D eigenvalue weighted by Crippen LogP contribution is -2.34. The Bertz CT molecular complexity index is 755. The summed E-state index contributed by atoms with van der Waals surface area (Å²) in [7, 11) is 0. The van der Waals surface area contributed by atoms with Crippen molar-refractivity contribution in [3.05, 3.63) is 65.0 Å². The normalized spacial score (nSPS) is 10.6. The molecule has 0 saturated carbocycles. The van der Waals surface area contributed by atoms with E-state index < -0.39 is 0 Å². The lowest BCUT2D eigenvalue weighted by Gasteiger charge is -2.16. The van der Waals surface area contributed by atoms with Crippen LogP contribution in [0.15, 0.2) is 42.5 Å². The Balaban J connectivity index is 1.91. The van der Waals surface area contributed by atoms with Gasteiger partial charge in [-0.2, -0.15) is 0 Å². The first-order chi connectivity index (χ1) is 11.9. The minimum Gasteiger partial charge on any atom is -0.347 e. The lowest BCUT2D eigenvalue weighted by molar-refractivity contribution is -0.123. The van der Waals surface area contributed by atoms with E-state index in [1.54, 1.807) is 12.1 Å². The molecule has 25 heavy (non-hydrogen) atoms. The molecular weight excluding hydrogens is 319 g/mol. The van der Waals surface area contributed by atoms with Crippen LogP contribution >= 0.6 is 0 Å². The van der Waals surface area contributed by atoms with E-state index in [0.717, 1.165) is 16.8 Å². The molecule has 132 valence electrons. The molecule has 0 atom stereocenters. The molecule has 0 aromatic heterocycles. The maximum Gasteiger partial charge on any atom is 0.243 e. The van der Waals surface area contributed by atoms with Crippen molar-refractivity contribution in [2.75, 3.05) is 11.9 Å². The second-order valence-electron chi connectivity index (χ2n) is 6.32. The number of aryl methyl sites for hydroxylation is 1. The third kappa shape index (κ3) is 5.41.